The molecular weight excluding hydrogens is 296 g/mol. The van der Waals surface area contributed by atoms with Crippen LogP contribution in [0.5, 0.6) is 0 Å². The minimum atomic E-state index is -0.700. The van der Waals surface area contributed by atoms with Crippen molar-refractivity contribution in [3.63, 3.8) is 0 Å². The van der Waals surface area contributed by atoms with E-state index >= 15 is 0 Å². The second-order valence-electron chi connectivity index (χ2n) is 3.95. The van der Waals surface area contributed by atoms with Gasteiger partial charge in [0.1, 0.15) is 5.69 Å². The molecule has 0 atom stereocenters. The Morgan fingerprint density at radius 1 is 1.38 bits per heavy atom. The Morgan fingerprint density at radius 2 is 2.05 bits per heavy atom. The number of nitrogens with one attached hydrogen (secondary N) is 1. The molecule has 8 nitrogen and oxygen atoms in total. The summed E-state index contributed by atoms with van der Waals surface area (Å²) in [6.45, 7) is 0. The zero-order chi connectivity index (χ0) is 15.4. The van der Waals surface area contributed by atoms with Gasteiger partial charge in [-0.15, -0.1) is 0 Å². The maximum atomic E-state index is 10.9. The van der Waals surface area contributed by atoms with E-state index < -0.39 is 10.6 Å². The molecule has 0 amide bonds. The van der Waals surface area contributed by atoms with E-state index in [4.69, 9.17) is 22.6 Å². The van der Waals surface area contributed by atoms with Gasteiger partial charge in [0.25, 0.3) is 0 Å². The molecule has 0 aliphatic heterocycles. The van der Waals surface area contributed by atoms with Crippen LogP contribution in [0.25, 0.3) is 0 Å². The van der Waals surface area contributed by atoms with E-state index in [1.54, 1.807) is 24.3 Å². The maximum absolute atomic E-state index is 10.9. The van der Waals surface area contributed by atoms with Gasteiger partial charge in [0.15, 0.2) is 0 Å². The standard InChI is InChI=1S/C12H9ClN6O2/c13-7-1-3-8(4-2-7)16-12-17-9(5-6-14)10(19(20)21)11(15)18-12/h1-4H,5H2,(H3,15,16,17,18). The Hall–Kier alpha value is -2.92. The van der Waals surface area contributed by atoms with Crippen LogP contribution in [0.4, 0.5) is 23.1 Å². The van der Waals surface area contributed by atoms with Crippen molar-refractivity contribution in [3.8, 4) is 6.07 Å². The van der Waals surface area contributed by atoms with Crippen LogP contribution in [0.3, 0.4) is 0 Å². The summed E-state index contributed by atoms with van der Waals surface area (Å²) in [6, 6.07) is 8.51. The fraction of sp³-hybridized carbons (Fsp3) is 0.0833. The normalized spacial score (nSPS) is 9.90. The number of hydrogen-bond acceptors (Lipinski definition) is 7. The number of nitriles is 1. The molecular formula is C12H9ClN6O2. The predicted molar refractivity (Wildman–Crippen MR) is 77.2 cm³/mol. The van der Waals surface area contributed by atoms with Crippen LogP contribution in [-0.2, 0) is 6.42 Å². The molecule has 0 aliphatic rings. The van der Waals surface area contributed by atoms with Crippen LogP contribution in [0.1, 0.15) is 5.69 Å². The van der Waals surface area contributed by atoms with Crippen molar-refractivity contribution < 1.29 is 4.92 Å². The van der Waals surface area contributed by atoms with Gasteiger partial charge in [-0.3, -0.25) is 10.1 Å². The molecule has 0 saturated heterocycles. The number of hydrogen-bond donors (Lipinski definition) is 2. The molecule has 0 aliphatic carbocycles. The van der Waals surface area contributed by atoms with Gasteiger partial charge in [0.05, 0.1) is 17.4 Å². The molecule has 1 aromatic heterocycles. The van der Waals surface area contributed by atoms with Crippen LogP contribution in [-0.4, -0.2) is 14.9 Å². The molecule has 0 spiro atoms. The number of benzene rings is 1. The Balaban J connectivity index is 2.39. The third-order valence-corrected chi connectivity index (χ3v) is 2.76. The molecule has 21 heavy (non-hydrogen) atoms. The largest absolute Gasteiger partial charge is 0.378 e. The summed E-state index contributed by atoms with van der Waals surface area (Å²) in [7, 11) is 0. The first-order valence-corrected chi connectivity index (χ1v) is 6.09. The van der Waals surface area contributed by atoms with Crippen molar-refractivity contribution in [1.29, 1.82) is 5.26 Å². The third-order valence-electron chi connectivity index (χ3n) is 2.51. The van der Waals surface area contributed by atoms with Crippen molar-refractivity contribution in [1.82, 2.24) is 9.97 Å². The summed E-state index contributed by atoms with van der Waals surface area (Å²) in [4.78, 5) is 18.0. The summed E-state index contributed by atoms with van der Waals surface area (Å²) < 4.78 is 0. The zero-order valence-electron chi connectivity index (χ0n) is 10.6. The van der Waals surface area contributed by atoms with E-state index in [0.717, 1.165) is 0 Å². The molecule has 9 heteroatoms. The second kappa shape index (κ2) is 6.02. The minimum absolute atomic E-state index is 0.0357. The molecule has 0 unspecified atom stereocenters. The lowest BCUT2D eigenvalue weighted by molar-refractivity contribution is -0.385. The summed E-state index contributed by atoms with van der Waals surface area (Å²) >= 11 is 5.77. The van der Waals surface area contributed by atoms with Crippen LogP contribution in [0.15, 0.2) is 24.3 Å². The monoisotopic (exact) mass is 304 g/mol. The van der Waals surface area contributed by atoms with Crippen molar-refractivity contribution >= 4 is 34.7 Å². The first-order valence-electron chi connectivity index (χ1n) is 5.71. The van der Waals surface area contributed by atoms with Crippen LogP contribution >= 0.6 is 11.6 Å². The van der Waals surface area contributed by atoms with Gasteiger partial charge in [-0.05, 0) is 24.3 Å². The van der Waals surface area contributed by atoms with Crippen LogP contribution in [0.2, 0.25) is 5.02 Å². The van der Waals surface area contributed by atoms with E-state index in [-0.39, 0.29) is 23.9 Å². The van der Waals surface area contributed by atoms with Gasteiger partial charge in [0.2, 0.25) is 11.8 Å². The smallest absolute Gasteiger partial charge is 0.333 e. The molecule has 106 valence electrons. The first kappa shape index (κ1) is 14.5. The van der Waals surface area contributed by atoms with Gasteiger partial charge in [-0.1, -0.05) is 11.6 Å². The first-order chi connectivity index (χ1) is 10.0. The fourth-order valence-electron chi connectivity index (χ4n) is 1.64. The second-order valence-corrected chi connectivity index (χ2v) is 4.39. The van der Waals surface area contributed by atoms with E-state index in [2.05, 4.69) is 15.3 Å². The molecule has 0 bridgehead atoms. The Kier molecular flexibility index (Phi) is 4.15. The van der Waals surface area contributed by atoms with E-state index in [0.29, 0.717) is 10.7 Å². The van der Waals surface area contributed by atoms with Gasteiger partial charge in [-0.25, -0.2) is 4.98 Å². The molecule has 0 saturated carbocycles. The minimum Gasteiger partial charge on any atom is -0.378 e. The molecule has 0 radical (unpaired) electrons. The Labute approximate surface area is 124 Å². The number of nitrogens with zero attached hydrogens (tertiary/aromatic N) is 4. The molecule has 0 fully saturated rings. The van der Waals surface area contributed by atoms with E-state index in [9.17, 15) is 10.1 Å². The summed E-state index contributed by atoms with van der Waals surface area (Å²) in [5, 5.41) is 23.1. The molecule has 1 heterocycles. The third kappa shape index (κ3) is 3.34. The van der Waals surface area contributed by atoms with Gasteiger partial charge < -0.3 is 11.1 Å². The van der Waals surface area contributed by atoms with E-state index in [1.165, 1.54) is 0 Å². The van der Waals surface area contributed by atoms with Crippen molar-refractivity contribution in [2.45, 2.75) is 6.42 Å². The predicted octanol–water partition coefficient (Wildman–Crippen LogP) is 2.43. The average molecular weight is 305 g/mol. The van der Waals surface area contributed by atoms with Gasteiger partial charge >= 0.3 is 5.69 Å². The van der Waals surface area contributed by atoms with Gasteiger partial charge in [-0.2, -0.15) is 10.2 Å². The topological polar surface area (TPSA) is 131 Å². The lowest BCUT2D eigenvalue weighted by Crippen LogP contribution is -2.08. The fourth-order valence-corrected chi connectivity index (χ4v) is 1.76. The number of nitrogens with two attached hydrogens (primary N) is 1. The average Bonchev–Trinajstić information content (AvgIpc) is 2.41. The van der Waals surface area contributed by atoms with E-state index in [1.807, 2.05) is 6.07 Å². The van der Waals surface area contributed by atoms with Crippen molar-refractivity contribution in [2.75, 3.05) is 11.1 Å². The molecule has 3 N–H and O–H groups in total. The molecule has 2 aromatic rings. The maximum Gasteiger partial charge on any atom is 0.333 e. The highest BCUT2D eigenvalue weighted by atomic mass is 35.5. The highest BCUT2D eigenvalue weighted by Gasteiger charge is 2.22. The lowest BCUT2D eigenvalue weighted by atomic mass is 10.2. The van der Waals surface area contributed by atoms with Crippen LogP contribution < -0.4 is 11.1 Å². The highest BCUT2D eigenvalue weighted by molar-refractivity contribution is 6.30. The molecule has 2 rings (SSSR count). The van der Waals surface area contributed by atoms with Gasteiger partial charge in [0, 0.05) is 10.7 Å². The summed E-state index contributed by atoms with van der Waals surface area (Å²) in [5.74, 6) is -0.220. The number of nitro groups is 1. The summed E-state index contributed by atoms with van der Waals surface area (Å²) in [5.41, 5.74) is 5.72. The number of aromatic nitrogens is 2. The lowest BCUT2D eigenvalue weighted by Gasteiger charge is -2.07. The Morgan fingerprint density at radius 3 is 2.62 bits per heavy atom. The van der Waals surface area contributed by atoms with Crippen LogP contribution in [0, 0.1) is 21.4 Å². The highest BCUT2D eigenvalue weighted by Crippen LogP contribution is 2.26. The summed E-state index contributed by atoms with van der Waals surface area (Å²) in [6.07, 6.45) is -0.238. The zero-order valence-corrected chi connectivity index (χ0v) is 11.3. The SMILES string of the molecule is N#CCc1nc(Nc2ccc(Cl)cc2)nc(N)c1[N+](=O)[O-]. The number of rotatable bonds is 4. The molecule has 1 aromatic carbocycles. The van der Waals surface area contributed by atoms with Crippen molar-refractivity contribution in [2.24, 2.45) is 0 Å². The number of nitrogen functional groups attached to an aromatic ring is 1. The number of anilines is 3. The number of halogens is 1. The quantitative estimate of drug-likeness (QED) is 0.655. The van der Waals surface area contributed by atoms with Crippen molar-refractivity contribution in [3.05, 3.63) is 45.1 Å². The Bertz CT molecular complexity index is 726.